The zero-order valence-electron chi connectivity index (χ0n) is 17.7. The molecule has 156 valence electrons. The molecule has 0 fully saturated rings. The summed E-state index contributed by atoms with van der Waals surface area (Å²) in [6, 6.07) is 10.5. The van der Waals surface area contributed by atoms with Crippen LogP contribution in [0.15, 0.2) is 42.6 Å². The van der Waals surface area contributed by atoms with Gasteiger partial charge in [0, 0.05) is 18.1 Å². The lowest BCUT2D eigenvalue weighted by molar-refractivity contribution is -0.378. The lowest BCUT2D eigenvalue weighted by atomic mass is 10.0. The highest BCUT2D eigenvalue weighted by Crippen LogP contribution is 2.35. The SMILES string of the molecule is CC.CO.COc1cccc(C(=O)c2[nH+]cc(N)c3cc(OC)c(OC)cc23)c1. The van der Waals surface area contributed by atoms with E-state index in [0.29, 0.717) is 45.0 Å². The number of ketones is 1. The van der Waals surface area contributed by atoms with Crippen LogP contribution in [0.1, 0.15) is 29.9 Å². The molecule has 3 rings (SSSR count). The zero-order valence-corrected chi connectivity index (χ0v) is 17.7. The number of H-pyrrole nitrogens is 1. The van der Waals surface area contributed by atoms with Gasteiger partial charge in [-0.05, 0) is 24.3 Å². The van der Waals surface area contributed by atoms with Crippen molar-refractivity contribution in [2.24, 2.45) is 0 Å². The van der Waals surface area contributed by atoms with E-state index in [0.717, 1.165) is 7.11 Å². The van der Waals surface area contributed by atoms with Crippen LogP contribution in [-0.2, 0) is 0 Å². The molecule has 7 heteroatoms. The molecule has 0 atom stereocenters. The molecule has 1 heterocycles. The molecule has 0 amide bonds. The van der Waals surface area contributed by atoms with Gasteiger partial charge in [0.25, 0.3) is 11.5 Å². The number of hydrogen-bond acceptors (Lipinski definition) is 6. The lowest BCUT2D eigenvalue weighted by Gasteiger charge is -2.10. The van der Waals surface area contributed by atoms with Gasteiger partial charge in [0.2, 0.25) is 0 Å². The van der Waals surface area contributed by atoms with Crippen LogP contribution in [0, 0.1) is 0 Å². The summed E-state index contributed by atoms with van der Waals surface area (Å²) >= 11 is 0. The third-order valence-electron chi connectivity index (χ3n) is 4.04. The minimum Gasteiger partial charge on any atom is -0.497 e. The van der Waals surface area contributed by atoms with Crippen molar-refractivity contribution in [1.82, 2.24) is 0 Å². The van der Waals surface area contributed by atoms with Crippen LogP contribution in [-0.4, -0.2) is 39.3 Å². The number of carbonyl (C=O) groups excluding carboxylic acids is 1. The van der Waals surface area contributed by atoms with Gasteiger partial charge in [-0.3, -0.25) is 4.79 Å². The number of ether oxygens (including phenoxy) is 3. The van der Waals surface area contributed by atoms with Crippen molar-refractivity contribution in [3.05, 3.63) is 53.9 Å². The normalized spacial score (nSPS) is 9.48. The number of anilines is 1. The first-order valence-electron chi connectivity index (χ1n) is 9.08. The van der Waals surface area contributed by atoms with Gasteiger partial charge in [-0.1, -0.05) is 26.0 Å². The fourth-order valence-electron chi connectivity index (χ4n) is 2.73. The molecule has 0 saturated heterocycles. The number of benzene rings is 2. The number of aliphatic hydroxyl groups is 1. The fraction of sp³-hybridized carbons (Fsp3) is 0.273. The van der Waals surface area contributed by atoms with E-state index < -0.39 is 0 Å². The van der Waals surface area contributed by atoms with E-state index in [1.165, 1.54) is 0 Å². The number of hydrogen-bond donors (Lipinski definition) is 2. The Bertz CT molecular complexity index is 957. The first-order valence-corrected chi connectivity index (χ1v) is 9.08. The average molecular weight is 401 g/mol. The van der Waals surface area contributed by atoms with Crippen molar-refractivity contribution in [2.75, 3.05) is 34.2 Å². The van der Waals surface area contributed by atoms with E-state index in [4.69, 9.17) is 25.1 Å². The molecule has 0 aliphatic carbocycles. The van der Waals surface area contributed by atoms with Crippen molar-refractivity contribution < 1.29 is 29.1 Å². The van der Waals surface area contributed by atoms with Gasteiger partial charge in [0.15, 0.2) is 17.7 Å². The van der Waals surface area contributed by atoms with Crippen molar-refractivity contribution in [1.29, 1.82) is 0 Å². The Hall–Kier alpha value is -3.32. The second-order valence-electron chi connectivity index (χ2n) is 5.43. The van der Waals surface area contributed by atoms with E-state index in [9.17, 15) is 4.79 Å². The van der Waals surface area contributed by atoms with E-state index in [2.05, 4.69) is 4.98 Å². The Kier molecular flexibility index (Phi) is 9.41. The Morgan fingerprint density at radius 2 is 1.52 bits per heavy atom. The topological polar surface area (TPSA) is 105 Å². The average Bonchev–Trinajstić information content (AvgIpc) is 2.80. The second kappa shape index (κ2) is 11.5. The van der Waals surface area contributed by atoms with E-state index in [1.54, 1.807) is 63.9 Å². The Morgan fingerprint density at radius 1 is 0.931 bits per heavy atom. The highest BCUT2D eigenvalue weighted by Gasteiger charge is 2.23. The molecule has 0 bridgehead atoms. The molecule has 0 aliphatic rings. The highest BCUT2D eigenvalue weighted by molar-refractivity contribution is 6.15. The molecule has 0 unspecified atom stereocenters. The summed E-state index contributed by atoms with van der Waals surface area (Å²) in [4.78, 5) is 16.0. The molecule has 2 aromatic carbocycles. The van der Waals surface area contributed by atoms with Gasteiger partial charge < -0.3 is 25.1 Å². The predicted octanol–water partition coefficient (Wildman–Crippen LogP) is 3.13. The summed E-state index contributed by atoms with van der Waals surface area (Å²) in [5.74, 6) is 1.52. The maximum Gasteiger partial charge on any atom is 0.260 e. The van der Waals surface area contributed by atoms with Gasteiger partial charge >= 0.3 is 0 Å². The molecule has 7 nitrogen and oxygen atoms in total. The molecule has 0 spiro atoms. The highest BCUT2D eigenvalue weighted by atomic mass is 16.5. The molecule has 4 N–H and O–H groups in total. The summed E-state index contributed by atoms with van der Waals surface area (Å²) in [5, 5.41) is 8.37. The van der Waals surface area contributed by atoms with Gasteiger partial charge in [0.1, 0.15) is 11.4 Å². The maximum atomic E-state index is 13.0. The summed E-state index contributed by atoms with van der Waals surface area (Å²) in [6.45, 7) is 4.00. The van der Waals surface area contributed by atoms with Crippen LogP contribution >= 0.6 is 0 Å². The smallest absolute Gasteiger partial charge is 0.260 e. The third-order valence-corrected chi connectivity index (χ3v) is 4.04. The third kappa shape index (κ3) is 5.14. The minimum atomic E-state index is -0.170. The number of nitrogen functional groups attached to an aromatic ring is 1. The number of nitrogens with two attached hydrogens (primary N) is 1. The number of pyridine rings is 1. The molecule has 0 radical (unpaired) electrons. The Labute approximate surface area is 171 Å². The lowest BCUT2D eigenvalue weighted by Crippen LogP contribution is -2.19. The number of rotatable bonds is 5. The number of aliphatic hydroxyl groups excluding tert-OH is 1. The molecular weight excluding hydrogens is 372 g/mol. The van der Waals surface area contributed by atoms with Crippen LogP contribution in [0.4, 0.5) is 5.69 Å². The van der Waals surface area contributed by atoms with Gasteiger partial charge in [0.05, 0.1) is 26.7 Å². The van der Waals surface area contributed by atoms with Crippen molar-refractivity contribution in [3.8, 4) is 17.2 Å². The van der Waals surface area contributed by atoms with Gasteiger partial charge in [-0.2, -0.15) is 0 Å². The molecular formula is C22H29N2O5+. The van der Waals surface area contributed by atoms with Crippen LogP contribution in [0.2, 0.25) is 0 Å². The quantitative estimate of drug-likeness (QED) is 0.637. The predicted molar refractivity (Wildman–Crippen MR) is 114 cm³/mol. The number of aromatic nitrogens is 1. The number of fused-ring (bicyclic) bond motifs is 1. The van der Waals surface area contributed by atoms with Crippen molar-refractivity contribution in [2.45, 2.75) is 13.8 Å². The first-order chi connectivity index (χ1) is 14.1. The van der Waals surface area contributed by atoms with Crippen LogP contribution in [0.25, 0.3) is 10.8 Å². The molecule has 29 heavy (non-hydrogen) atoms. The van der Waals surface area contributed by atoms with Crippen LogP contribution < -0.4 is 24.9 Å². The summed E-state index contributed by atoms with van der Waals surface area (Å²) < 4.78 is 15.9. The standard InChI is InChI=1S/C19H18N2O4.C2H6.CH4O/c1-23-12-6-4-5-11(7-12)19(22)18-14-9-17(25-3)16(24-2)8-13(14)15(20)10-21-18;2*1-2/h4-10H,20H2,1-3H3;1-2H3;2H,1H3/p+1. The van der Waals surface area contributed by atoms with E-state index >= 15 is 0 Å². The molecule has 3 aromatic rings. The molecule has 0 saturated carbocycles. The number of carbonyl (C=O) groups is 1. The fourth-order valence-corrected chi connectivity index (χ4v) is 2.73. The van der Waals surface area contributed by atoms with E-state index in [-0.39, 0.29) is 5.78 Å². The largest absolute Gasteiger partial charge is 0.497 e. The summed E-state index contributed by atoms with van der Waals surface area (Å²) in [7, 11) is 5.66. The van der Waals surface area contributed by atoms with E-state index in [1.807, 2.05) is 13.8 Å². The summed E-state index contributed by atoms with van der Waals surface area (Å²) in [5.41, 5.74) is 7.50. The molecule has 0 aliphatic heterocycles. The number of nitrogens with one attached hydrogen (secondary N) is 1. The maximum absolute atomic E-state index is 13.0. The van der Waals surface area contributed by atoms with Crippen molar-refractivity contribution in [3.63, 3.8) is 0 Å². The van der Waals surface area contributed by atoms with Crippen LogP contribution in [0.3, 0.4) is 0 Å². The number of aromatic amines is 1. The molecule has 1 aromatic heterocycles. The second-order valence-corrected chi connectivity index (χ2v) is 5.43. The monoisotopic (exact) mass is 401 g/mol. The minimum absolute atomic E-state index is 0.170. The Morgan fingerprint density at radius 3 is 2.07 bits per heavy atom. The zero-order chi connectivity index (χ0) is 22.0. The van der Waals surface area contributed by atoms with Crippen LogP contribution in [0.5, 0.6) is 17.2 Å². The van der Waals surface area contributed by atoms with Gasteiger partial charge in [-0.15, -0.1) is 0 Å². The van der Waals surface area contributed by atoms with Gasteiger partial charge in [-0.25, -0.2) is 4.98 Å². The summed E-state index contributed by atoms with van der Waals surface area (Å²) in [6.07, 6.45) is 1.60. The first kappa shape index (κ1) is 23.7. The van der Waals surface area contributed by atoms with Crippen molar-refractivity contribution >= 4 is 22.2 Å². The number of methoxy groups -OCH3 is 3. The Balaban J connectivity index is 0.000000989.